The van der Waals surface area contributed by atoms with Crippen molar-refractivity contribution in [2.75, 3.05) is 7.11 Å². The molecule has 1 aromatic heterocycles. The van der Waals surface area contributed by atoms with E-state index >= 15 is 0 Å². The van der Waals surface area contributed by atoms with E-state index in [9.17, 15) is 0 Å². The van der Waals surface area contributed by atoms with Crippen LogP contribution >= 0.6 is 22.6 Å². The third kappa shape index (κ3) is 3.37. The molecule has 0 saturated carbocycles. The maximum atomic E-state index is 5.68. The average Bonchev–Trinajstić information content (AvgIpc) is 2.33. The first-order valence-electron chi connectivity index (χ1n) is 5.01. The molecule has 2 rings (SSSR count). The number of aromatic nitrogens is 2. The van der Waals surface area contributed by atoms with Crippen molar-refractivity contribution in [3.63, 3.8) is 0 Å². The smallest absolute Gasteiger partial charge is 0.235 e. The van der Waals surface area contributed by atoms with Gasteiger partial charge in [-0.2, -0.15) is 0 Å². The van der Waals surface area contributed by atoms with Gasteiger partial charge in [-0.1, -0.05) is 12.1 Å². The summed E-state index contributed by atoms with van der Waals surface area (Å²) in [4.78, 5) is 7.99. The topological polar surface area (TPSA) is 44.2 Å². The summed E-state index contributed by atoms with van der Waals surface area (Å²) in [6, 6.07) is 7.73. The number of rotatable bonds is 4. The molecule has 0 aliphatic heterocycles. The molecule has 0 aliphatic rings. The Morgan fingerprint density at radius 2 is 2.24 bits per heavy atom. The molecule has 0 amide bonds. The van der Waals surface area contributed by atoms with E-state index in [1.807, 2.05) is 24.3 Å². The van der Waals surface area contributed by atoms with Crippen molar-refractivity contribution in [3.05, 3.63) is 45.9 Å². The number of nitrogens with zero attached hydrogens (tertiary/aromatic N) is 2. The molecule has 0 aliphatic carbocycles. The van der Waals surface area contributed by atoms with Crippen LogP contribution in [0.15, 0.2) is 36.8 Å². The lowest BCUT2D eigenvalue weighted by Gasteiger charge is -2.07. The average molecular weight is 342 g/mol. The summed E-state index contributed by atoms with van der Waals surface area (Å²) in [7, 11) is 1.67. The van der Waals surface area contributed by atoms with Gasteiger partial charge in [-0.25, -0.2) is 9.97 Å². The SMILES string of the molecule is COCc1cccc(Oc2ncncc2I)c1. The second kappa shape index (κ2) is 5.92. The van der Waals surface area contributed by atoms with Crippen LogP contribution in [0.25, 0.3) is 0 Å². The van der Waals surface area contributed by atoms with Crippen LogP contribution < -0.4 is 4.74 Å². The number of ether oxygens (including phenoxy) is 2. The van der Waals surface area contributed by atoms with Crippen molar-refractivity contribution in [2.24, 2.45) is 0 Å². The molecule has 5 heteroatoms. The minimum atomic E-state index is 0.565. The Kier molecular flexibility index (Phi) is 4.27. The minimum Gasteiger partial charge on any atom is -0.438 e. The van der Waals surface area contributed by atoms with Crippen LogP contribution in [0, 0.1) is 3.57 Å². The molecule has 0 N–H and O–H groups in total. The maximum absolute atomic E-state index is 5.68. The molecule has 88 valence electrons. The van der Waals surface area contributed by atoms with Gasteiger partial charge in [-0.05, 0) is 40.3 Å². The maximum Gasteiger partial charge on any atom is 0.235 e. The number of halogens is 1. The van der Waals surface area contributed by atoms with E-state index < -0.39 is 0 Å². The van der Waals surface area contributed by atoms with Crippen LogP contribution in [0.1, 0.15) is 5.56 Å². The standard InChI is InChI=1S/C12H11IN2O2/c1-16-7-9-3-2-4-10(5-9)17-12-11(13)6-14-8-15-12/h2-6,8H,7H2,1H3. The largest absolute Gasteiger partial charge is 0.438 e. The van der Waals surface area contributed by atoms with Gasteiger partial charge in [0.05, 0.1) is 10.2 Å². The Bertz CT molecular complexity index is 505. The lowest BCUT2D eigenvalue weighted by molar-refractivity contribution is 0.184. The zero-order valence-electron chi connectivity index (χ0n) is 9.26. The van der Waals surface area contributed by atoms with Crippen LogP contribution in [-0.2, 0) is 11.3 Å². The second-order valence-corrected chi connectivity index (χ2v) is 4.52. The molecular formula is C12H11IN2O2. The summed E-state index contributed by atoms with van der Waals surface area (Å²) in [5, 5.41) is 0. The van der Waals surface area contributed by atoms with Crippen molar-refractivity contribution < 1.29 is 9.47 Å². The van der Waals surface area contributed by atoms with Gasteiger partial charge >= 0.3 is 0 Å². The molecule has 17 heavy (non-hydrogen) atoms. The first kappa shape index (κ1) is 12.3. The van der Waals surface area contributed by atoms with Crippen molar-refractivity contribution >= 4 is 22.6 Å². The fourth-order valence-corrected chi connectivity index (χ4v) is 1.76. The van der Waals surface area contributed by atoms with Gasteiger partial charge in [-0.15, -0.1) is 0 Å². The lowest BCUT2D eigenvalue weighted by Crippen LogP contribution is -1.93. The number of hydrogen-bond acceptors (Lipinski definition) is 4. The number of hydrogen-bond donors (Lipinski definition) is 0. The van der Waals surface area contributed by atoms with Crippen molar-refractivity contribution in [1.29, 1.82) is 0 Å². The molecule has 4 nitrogen and oxygen atoms in total. The van der Waals surface area contributed by atoms with Gasteiger partial charge in [0.2, 0.25) is 5.88 Å². The number of methoxy groups -OCH3 is 1. The van der Waals surface area contributed by atoms with Gasteiger partial charge in [-0.3, -0.25) is 0 Å². The highest BCUT2D eigenvalue weighted by atomic mass is 127. The summed E-state index contributed by atoms with van der Waals surface area (Å²) in [5.74, 6) is 1.31. The fourth-order valence-electron chi connectivity index (χ4n) is 1.35. The molecule has 0 spiro atoms. The quantitative estimate of drug-likeness (QED) is 0.802. The molecule has 0 radical (unpaired) electrons. The zero-order valence-corrected chi connectivity index (χ0v) is 11.4. The molecule has 1 aromatic carbocycles. The van der Waals surface area contributed by atoms with E-state index in [-0.39, 0.29) is 0 Å². The molecule has 2 aromatic rings. The monoisotopic (exact) mass is 342 g/mol. The highest BCUT2D eigenvalue weighted by Gasteiger charge is 2.04. The molecule has 0 saturated heterocycles. The Hall–Kier alpha value is -1.21. The summed E-state index contributed by atoms with van der Waals surface area (Å²) >= 11 is 2.14. The van der Waals surface area contributed by atoms with E-state index in [0.29, 0.717) is 12.5 Å². The first-order chi connectivity index (χ1) is 8.29. The molecule has 1 heterocycles. The van der Waals surface area contributed by atoms with Crippen LogP contribution in [0.5, 0.6) is 11.6 Å². The third-order valence-electron chi connectivity index (χ3n) is 2.06. The van der Waals surface area contributed by atoms with Gasteiger partial charge in [0, 0.05) is 13.3 Å². The molecule has 0 atom stereocenters. The highest BCUT2D eigenvalue weighted by molar-refractivity contribution is 14.1. The van der Waals surface area contributed by atoms with Crippen LogP contribution in [0.3, 0.4) is 0 Å². The predicted octanol–water partition coefficient (Wildman–Crippen LogP) is 3.02. The molecule has 0 unspecified atom stereocenters. The van der Waals surface area contributed by atoms with Crippen molar-refractivity contribution in [3.8, 4) is 11.6 Å². The van der Waals surface area contributed by atoms with E-state index in [2.05, 4.69) is 32.6 Å². The normalized spacial score (nSPS) is 10.2. The Morgan fingerprint density at radius 1 is 1.35 bits per heavy atom. The van der Waals surface area contributed by atoms with Gasteiger partial charge < -0.3 is 9.47 Å². The van der Waals surface area contributed by atoms with Crippen LogP contribution in [0.2, 0.25) is 0 Å². The highest BCUT2D eigenvalue weighted by Crippen LogP contribution is 2.24. The van der Waals surface area contributed by atoms with Crippen molar-refractivity contribution in [2.45, 2.75) is 6.61 Å². The summed E-state index contributed by atoms with van der Waals surface area (Å²) in [6.45, 7) is 0.568. The number of benzene rings is 1. The second-order valence-electron chi connectivity index (χ2n) is 3.36. The van der Waals surface area contributed by atoms with Gasteiger partial charge in [0.15, 0.2) is 0 Å². The predicted molar refractivity (Wildman–Crippen MR) is 72.0 cm³/mol. The van der Waals surface area contributed by atoms with Crippen molar-refractivity contribution in [1.82, 2.24) is 9.97 Å². The van der Waals surface area contributed by atoms with Gasteiger partial charge in [0.1, 0.15) is 12.1 Å². The Labute approximate surface area is 113 Å². The minimum absolute atomic E-state index is 0.565. The molecular weight excluding hydrogens is 331 g/mol. The van der Waals surface area contributed by atoms with Crippen LogP contribution in [0.4, 0.5) is 0 Å². The first-order valence-corrected chi connectivity index (χ1v) is 6.08. The summed E-state index contributed by atoms with van der Waals surface area (Å²) < 4.78 is 11.6. The Balaban J connectivity index is 2.18. The fraction of sp³-hybridized carbons (Fsp3) is 0.167. The van der Waals surface area contributed by atoms with Crippen LogP contribution in [-0.4, -0.2) is 17.1 Å². The third-order valence-corrected chi connectivity index (χ3v) is 2.80. The van der Waals surface area contributed by atoms with E-state index in [1.165, 1.54) is 6.33 Å². The van der Waals surface area contributed by atoms with E-state index in [4.69, 9.17) is 9.47 Å². The summed E-state index contributed by atoms with van der Waals surface area (Å²) in [6.07, 6.45) is 3.18. The molecule has 0 fully saturated rings. The summed E-state index contributed by atoms with van der Waals surface area (Å²) in [5.41, 5.74) is 1.06. The van der Waals surface area contributed by atoms with Gasteiger partial charge in [0.25, 0.3) is 0 Å². The van der Waals surface area contributed by atoms with E-state index in [1.54, 1.807) is 13.3 Å². The lowest BCUT2D eigenvalue weighted by atomic mass is 10.2. The van der Waals surface area contributed by atoms with E-state index in [0.717, 1.165) is 14.9 Å². The molecule has 0 bridgehead atoms. The Morgan fingerprint density at radius 3 is 3.00 bits per heavy atom. The zero-order chi connectivity index (χ0) is 12.1.